The van der Waals surface area contributed by atoms with Crippen molar-refractivity contribution in [1.82, 2.24) is 14.9 Å². The van der Waals surface area contributed by atoms with E-state index in [1.54, 1.807) is 0 Å². The molecule has 136 valence electrons. The highest BCUT2D eigenvalue weighted by Gasteiger charge is 2.09. The molecule has 1 heterocycles. The smallest absolute Gasteiger partial charge is 0.227 e. The van der Waals surface area contributed by atoms with Crippen LogP contribution in [0.25, 0.3) is 11.3 Å². The van der Waals surface area contributed by atoms with Crippen molar-refractivity contribution in [2.45, 2.75) is 0 Å². The lowest BCUT2D eigenvalue weighted by Gasteiger charge is -2.12. The number of hydrogen-bond acceptors (Lipinski definition) is 6. The third-order valence-corrected chi connectivity index (χ3v) is 3.87. The Hall–Kier alpha value is -3.43. The number of nitriles is 1. The van der Waals surface area contributed by atoms with Crippen LogP contribution in [-0.4, -0.2) is 42.1 Å². The number of aromatic nitrogens is 2. The minimum atomic E-state index is 0.439. The van der Waals surface area contributed by atoms with Crippen LogP contribution in [-0.2, 0) is 0 Å². The first kappa shape index (κ1) is 18.4. The van der Waals surface area contributed by atoms with Gasteiger partial charge in [0.2, 0.25) is 5.95 Å². The van der Waals surface area contributed by atoms with Crippen molar-refractivity contribution in [2.24, 2.45) is 0 Å². The zero-order chi connectivity index (χ0) is 19.1. The lowest BCUT2D eigenvalue weighted by atomic mass is 10.1. The fourth-order valence-electron chi connectivity index (χ4n) is 2.45. The summed E-state index contributed by atoms with van der Waals surface area (Å²) in [5.74, 6) is 1.25. The first-order valence-corrected chi connectivity index (χ1v) is 8.63. The van der Waals surface area contributed by atoms with Gasteiger partial charge in [0.25, 0.3) is 0 Å². The van der Waals surface area contributed by atoms with Crippen molar-refractivity contribution in [2.75, 3.05) is 32.6 Å². The maximum Gasteiger partial charge on any atom is 0.227 e. The van der Waals surface area contributed by atoms with Crippen molar-refractivity contribution in [3.8, 4) is 23.1 Å². The first-order valence-electron chi connectivity index (χ1n) is 8.63. The zero-order valence-electron chi connectivity index (χ0n) is 15.4. The Morgan fingerprint density at radius 1 is 1.07 bits per heavy atom. The normalized spacial score (nSPS) is 10.4. The van der Waals surface area contributed by atoms with E-state index in [4.69, 9.17) is 4.74 Å². The fourth-order valence-corrected chi connectivity index (χ4v) is 2.45. The number of anilines is 2. The molecule has 0 radical (unpaired) electrons. The molecule has 0 bridgehead atoms. The van der Waals surface area contributed by atoms with E-state index in [9.17, 15) is 5.26 Å². The highest BCUT2D eigenvalue weighted by atomic mass is 16.5. The van der Waals surface area contributed by atoms with E-state index in [1.165, 1.54) is 6.20 Å². The Kier molecular flexibility index (Phi) is 5.98. The number of benzene rings is 2. The third-order valence-electron chi connectivity index (χ3n) is 3.87. The van der Waals surface area contributed by atoms with Gasteiger partial charge < -0.3 is 15.0 Å². The Morgan fingerprint density at radius 3 is 2.48 bits per heavy atom. The lowest BCUT2D eigenvalue weighted by molar-refractivity contribution is 0.261. The SMILES string of the molecule is CN(C)CCOc1ccc(Nc2ncc(C#N)c(-c3ccccc3)n2)cc1. The number of hydrogen-bond donors (Lipinski definition) is 1. The fraction of sp³-hybridized carbons (Fsp3) is 0.190. The number of nitrogens with zero attached hydrogens (tertiary/aromatic N) is 4. The number of nitrogens with one attached hydrogen (secondary N) is 1. The van der Waals surface area contributed by atoms with E-state index in [0.29, 0.717) is 23.8 Å². The summed E-state index contributed by atoms with van der Waals surface area (Å²) in [7, 11) is 4.02. The van der Waals surface area contributed by atoms with Gasteiger partial charge in [-0.25, -0.2) is 9.97 Å². The van der Waals surface area contributed by atoms with Gasteiger partial charge in [-0.2, -0.15) is 5.26 Å². The van der Waals surface area contributed by atoms with E-state index in [0.717, 1.165) is 23.5 Å². The highest BCUT2D eigenvalue weighted by Crippen LogP contribution is 2.23. The number of rotatable bonds is 7. The summed E-state index contributed by atoms with van der Waals surface area (Å²) in [6.45, 7) is 1.50. The van der Waals surface area contributed by atoms with Crippen LogP contribution in [0.2, 0.25) is 0 Å². The van der Waals surface area contributed by atoms with Crippen LogP contribution < -0.4 is 10.1 Å². The molecule has 0 aliphatic carbocycles. The van der Waals surface area contributed by atoms with Gasteiger partial charge in [-0.05, 0) is 38.4 Å². The summed E-state index contributed by atoms with van der Waals surface area (Å²) in [6.07, 6.45) is 1.54. The van der Waals surface area contributed by atoms with Gasteiger partial charge in [0, 0.05) is 17.8 Å². The second kappa shape index (κ2) is 8.79. The van der Waals surface area contributed by atoms with Crippen LogP contribution in [0.4, 0.5) is 11.6 Å². The molecule has 3 aromatic rings. The second-order valence-electron chi connectivity index (χ2n) is 6.23. The van der Waals surface area contributed by atoms with E-state index < -0.39 is 0 Å². The molecule has 3 rings (SSSR count). The molecule has 2 aromatic carbocycles. The summed E-state index contributed by atoms with van der Waals surface area (Å²) in [5.41, 5.74) is 2.78. The minimum Gasteiger partial charge on any atom is -0.492 e. The van der Waals surface area contributed by atoms with Crippen molar-refractivity contribution >= 4 is 11.6 Å². The van der Waals surface area contributed by atoms with Gasteiger partial charge in [-0.3, -0.25) is 0 Å². The van der Waals surface area contributed by atoms with Gasteiger partial charge in [0.05, 0.1) is 17.5 Å². The van der Waals surface area contributed by atoms with Crippen molar-refractivity contribution in [3.63, 3.8) is 0 Å². The molecular weight excluding hydrogens is 338 g/mol. The van der Waals surface area contributed by atoms with E-state index >= 15 is 0 Å². The van der Waals surface area contributed by atoms with Crippen LogP contribution in [0, 0.1) is 11.3 Å². The zero-order valence-corrected chi connectivity index (χ0v) is 15.4. The van der Waals surface area contributed by atoms with Gasteiger partial charge in [0.15, 0.2) is 0 Å². The van der Waals surface area contributed by atoms with Crippen molar-refractivity contribution in [3.05, 3.63) is 66.4 Å². The Balaban J connectivity index is 1.73. The average Bonchev–Trinajstić information content (AvgIpc) is 2.70. The van der Waals surface area contributed by atoms with Crippen LogP contribution in [0.5, 0.6) is 5.75 Å². The summed E-state index contributed by atoms with van der Waals surface area (Å²) in [6, 6.07) is 19.4. The maximum atomic E-state index is 9.33. The molecule has 0 unspecified atom stereocenters. The summed E-state index contributed by atoms with van der Waals surface area (Å²) < 4.78 is 5.69. The quantitative estimate of drug-likeness (QED) is 0.693. The minimum absolute atomic E-state index is 0.439. The summed E-state index contributed by atoms with van der Waals surface area (Å²) >= 11 is 0. The molecule has 1 aromatic heterocycles. The Labute approximate surface area is 159 Å². The standard InChI is InChI=1S/C21H21N5O/c1-26(2)12-13-27-19-10-8-18(9-11-19)24-21-23-15-17(14-22)20(25-21)16-6-4-3-5-7-16/h3-11,15H,12-13H2,1-2H3,(H,23,24,25). The molecule has 0 amide bonds. The molecule has 0 atom stereocenters. The highest BCUT2D eigenvalue weighted by molar-refractivity contribution is 5.68. The predicted octanol–water partition coefficient (Wildman–Crippen LogP) is 3.70. The van der Waals surface area contributed by atoms with Crippen LogP contribution in [0.15, 0.2) is 60.8 Å². The molecule has 1 N–H and O–H groups in total. The molecule has 0 spiro atoms. The average molecular weight is 359 g/mol. The Morgan fingerprint density at radius 2 is 1.81 bits per heavy atom. The van der Waals surface area contributed by atoms with Gasteiger partial charge >= 0.3 is 0 Å². The largest absolute Gasteiger partial charge is 0.492 e. The van der Waals surface area contributed by atoms with E-state index in [1.807, 2.05) is 68.7 Å². The van der Waals surface area contributed by atoms with Gasteiger partial charge in [-0.15, -0.1) is 0 Å². The molecule has 0 fully saturated rings. The molecule has 0 saturated carbocycles. The molecular formula is C21H21N5O. The van der Waals surface area contributed by atoms with Crippen LogP contribution in [0.3, 0.4) is 0 Å². The molecule has 6 nitrogen and oxygen atoms in total. The van der Waals surface area contributed by atoms with Gasteiger partial charge in [0.1, 0.15) is 18.4 Å². The number of likely N-dealkylation sites (N-methyl/N-ethyl adjacent to an activating group) is 1. The molecule has 27 heavy (non-hydrogen) atoms. The molecule has 0 aliphatic heterocycles. The maximum absolute atomic E-state index is 9.33. The molecule has 0 aliphatic rings. The number of ether oxygens (including phenoxy) is 1. The van der Waals surface area contributed by atoms with Crippen molar-refractivity contribution < 1.29 is 4.74 Å². The van der Waals surface area contributed by atoms with E-state index in [2.05, 4.69) is 26.3 Å². The first-order chi connectivity index (χ1) is 13.2. The third kappa shape index (κ3) is 5.03. The van der Waals surface area contributed by atoms with Crippen molar-refractivity contribution in [1.29, 1.82) is 5.26 Å². The topological polar surface area (TPSA) is 74.1 Å². The van der Waals surface area contributed by atoms with Crippen LogP contribution in [0.1, 0.15) is 5.56 Å². The summed E-state index contributed by atoms with van der Waals surface area (Å²) in [4.78, 5) is 10.8. The van der Waals surface area contributed by atoms with Crippen LogP contribution >= 0.6 is 0 Å². The summed E-state index contributed by atoms with van der Waals surface area (Å²) in [5, 5.41) is 12.5. The second-order valence-corrected chi connectivity index (χ2v) is 6.23. The van der Waals surface area contributed by atoms with Gasteiger partial charge in [-0.1, -0.05) is 30.3 Å². The Bertz CT molecular complexity index is 918. The lowest BCUT2D eigenvalue weighted by Crippen LogP contribution is -2.19. The monoisotopic (exact) mass is 359 g/mol. The predicted molar refractivity (Wildman–Crippen MR) is 106 cm³/mol. The molecule has 0 saturated heterocycles. The molecule has 6 heteroatoms. The van der Waals surface area contributed by atoms with E-state index in [-0.39, 0.29) is 0 Å².